The van der Waals surface area contributed by atoms with Crippen LogP contribution in [0.3, 0.4) is 0 Å². The van der Waals surface area contributed by atoms with E-state index in [1.807, 2.05) is 24.3 Å². The first kappa shape index (κ1) is 15.1. The minimum atomic E-state index is -0.658. The summed E-state index contributed by atoms with van der Waals surface area (Å²) in [4.78, 5) is 11.4. The maximum absolute atomic E-state index is 11.4. The average molecular weight is 306 g/mol. The van der Waals surface area contributed by atoms with Gasteiger partial charge >= 0.3 is 6.16 Å². The van der Waals surface area contributed by atoms with E-state index in [0.717, 1.165) is 0 Å². The largest absolute Gasteiger partial charge is 0.508 e. The molecule has 0 heterocycles. The lowest BCUT2D eigenvalue weighted by Crippen LogP contribution is -2.10. The molecule has 3 nitrogen and oxygen atoms in total. The lowest BCUT2D eigenvalue weighted by atomic mass is 9.95. The van der Waals surface area contributed by atoms with E-state index in [2.05, 4.69) is 36.9 Å². The molecule has 3 aromatic rings. The Kier molecular flexibility index (Phi) is 4.57. The van der Waals surface area contributed by atoms with Gasteiger partial charge in [-0.2, -0.15) is 0 Å². The highest BCUT2D eigenvalue weighted by molar-refractivity contribution is 6.02. The Morgan fingerprint density at radius 3 is 2.17 bits per heavy atom. The van der Waals surface area contributed by atoms with Crippen molar-refractivity contribution in [2.24, 2.45) is 0 Å². The summed E-state index contributed by atoms with van der Waals surface area (Å²) in [5, 5.41) is 4.76. The van der Waals surface area contributed by atoms with Gasteiger partial charge in [0.2, 0.25) is 0 Å². The number of fused-ring (bicyclic) bond motifs is 2. The molecule has 0 unspecified atom stereocenters. The number of carbonyl (C=O) groups is 1. The van der Waals surface area contributed by atoms with Crippen LogP contribution in [0.5, 0.6) is 0 Å². The number of benzene rings is 3. The molecule has 0 aliphatic carbocycles. The summed E-state index contributed by atoms with van der Waals surface area (Å²) in [6.07, 6.45) is 1.50. The summed E-state index contributed by atoms with van der Waals surface area (Å²) in [5.74, 6) is 0. The summed E-state index contributed by atoms with van der Waals surface area (Å²) < 4.78 is 9.96. The average Bonchev–Trinajstić information content (AvgIpc) is 2.59. The predicted molar refractivity (Wildman–Crippen MR) is 92.7 cm³/mol. The number of ether oxygens (including phenoxy) is 2. The summed E-state index contributed by atoms with van der Waals surface area (Å²) in [6.45, 7) is 3.94. The molecule has 0 aliphatic rings. The van der Waals surface area contributed by atoms with E-state index in [4.69, 9.17) is 9.47 Å². The number of hydrogen-bond donors (Lipinski definition) is 0. The van der Waals surface area contributed by atoms with E-state index in [1.165, 1.54) is 33.2 Å². The van der Waals surface area contributed by atoms with E-state index in [9.17, 15) is 4.79 Å². The van der Waals surface area contributed by atoms with Gasteiger partial charge in [-0.15, -0.1) is 0 Å². The fraction of sp³-hybridized carbons (Fsp3) is 0.150. The molecule has 0 atom stereocenters. The monoisotopic (exact) mass is 306 g/mol. The molecular weight excluding hydrogens is 288 g/mol. The Morgan fingerprint density at radius 1 is 0.957 bits per heavy atom. The maximum atomic E-state index is 11.4. The first-order valence-electron chi connectivity index (χ1n) is 7.59. The molecule has 3 heteroatoms. The third-order valence-corrected chi connectivity index (χ3v) is 3.77. The molecule has 116 valence electrons. The first-order chi connectivity index (χ1) is 11.3. The first-order valence-corrected chi connectivity index (χ1v) is 7.59. The van der Waals surface area contributed by atoms with E-state index in [1.54, 1.807) is 0 Å². The van der Waals surface area contributed by atoms with Gasteiger partial charge in [0.05, 0.1) is 6.61 Å². The Labute approximate surface area is 135 Å². The molecule has 0 spiro atoms. The maximum Gasteiger partial charge on any atom is 0.508 e. The van der Waals surface area contributed by atoms with Crippen LogP contribution in [0.25, 0.3) is 21.5 Å². The fourth-order valence-electron chi connectivity index (χ4n) is 2.78. The van der Waals surface area contributed by atoms with Gasteiger partial charge in [-0.05, 0) is 33.2 Å². The molecule has 0 saturated heterocycles. The zero-order valence-corrected chi connectivity index (χ0v) is 12.8. The lowest BCUT2D eigenvalue weighted by Gasteiger charge is -2.12. The Morgan fingerprint density at radius 2 is 1.57 bits per heavy atom. The molecule has 23 heavy (non-hydrogen) atoms. The van der Waals surface area contributed by atoms with Crippen molar-refractivity contribution in [3.8, 4) is 0 Å². The molecule has 3 rings (SSSR count). The van der Waals surface area contributed by atoms with Crippen molar-refractivity contribution in [1.82, 2.24) is 0 Å². The highest BCUT2D eigenvalue weighted by atomic mass is 16.7. The SMILES string of the molecule is C=CCOC(=O)OCCc1c2ccccc2cc2ccccc12. The van der Waals surface area contributed by atoms with E-state index >= 15 is 0 Å². The normalized spacial score (nSPS) is 10.6. The molecule has 3 aromatic carbocycles. The standard InChI is InChI=1S/C20H18O3/c1-2-12-22-20(21)23-13-11-19-17-9-5-3-7-15(17)14-16-8-4-6-10-18(16)19/h2-10,14H,1,11-13H2. The molecule has 0 saturated carbocycles. The molecule has 0 aliphatic heterocycles. The molecule has 0 aromatic heterocycles. The van der Waals surface area contributed by atoms with Crippen molar-refractivity contribution < 1.29 is 14.3 Å². The predicted octanol–water partition coefficient (Wildman–Crippen LogP) is 4.87. The summed E-state index contributed by atoms with van der Waals surface area (Å²) in [7, 11) is 0. The number of rotatable bonds is 5. The van der Waals surface area contributed by atoms with Crippen LogP contribution in [0.2, 0.25) is 0 Å². The van der Waals surface area contributed by atoms with Gasteiger partial charge in [0, 0.05) is 6.42 Å². The van der Waals surface area contributed by atoms with Crippen LogP contribution in [0, 0.1) is 0 Å². The highest BCUT2D eigenvalue weighted by Gasteiger charge is 2.09. The van der Waals surface area contributed by atoms with Crippen LogP contribution in [0.1, 0.15) is 5.56 Å². The van der Waals surface area contributed by atoms with E-state index in [0.29, 0.717) is 6.42 Å². The molecule has 0 N–H and O–H groups in total. The van der Waals surface area contributed by atoms with Crippen molar-refractivity contribution >= 4 is 27.7 Å². The molecular formula is C20H18O3. The molecule has 0 amide bonds. The highest BCUT2D eigenvalue weighted by Crippen LogP contribution is 2.28. The van der Waals surface area contributed by atoms with Gasteiger partial charge in [0.25, 0.3) is 0 Å². The second-order valence-electron chi connectivity index (χ2n) is 5.25. The lowest BCUT2D eigenvalue weighted by molar-refractivity contribution is 0.0643. The van der Waals surface area contributed by atoms with E-state index < -0.39 is 6.16 Å². The van der Waals surface area contributed by atoms with Crippen molar-refractivity contribution in [3.63, 3.8) is 0 Å². The van der Waals surface area contributed by atoms with Crippen LogP contribution in [0.15, 0.2) is 67.3 Å². The quantitative estimate of drug-likeness (QED) is 0.383. The summed E-state index contributed by atoms with van der Waals surface area (Å²) in [6, 6.07) is 18.7. The smallest absolute Gasteiger partial charge is 0.434 e. The fourth-order valence-corrected chi connectivity index (χ4v) is 2.78. The molecule has 0 fully saturated rings. The van der Waals surface area contributed by atoms with Crippen LogP contribution in [-0.2, 0) is 15.9 Å². The van der Waals surface area contributed by atoms with Gasteiger partial charge in [-0.3, -0.25) is 0 Å². The minimum absolute atomic E-state index is 0.163. The minimum Gasteiger partial charge on any atom is -0.434 e. The second-order valence-corrected chi connectivity index (χ2v) is 5.25. The van der Waals surface area contributed by atoms with Crippen LogP contribution in [0.4, 0.5) is 4.79 Å². The van der Waals surface area contributed by atoms with Gasteiger partial charge < -0.3 is 9.47 Å². The van der Waals surface area contributed by atoms with Crippen LogP contribution in [-0.4, -0.2) is 19.4 Å². The van der Waals surface area contributed by atoms with Gasteiger partial charge in [0.15, 0.2) is 0 Å². The Hall–Kier alpha value is -2.81. The molecule has 0 radical (unpaired) electrons. The van der Waals surface area contributed by atoms with E-state index in [-0.39, 0.29) is 13.2 Å². The van der Waals surface area contributed by atoms with Crippen molar-refractivity contribution in [1.29, 1.82) is 0 Å². The molecule has 0 bridgehead atoms. The van der Waals surface area contributed by atoms with Crippen LogP contribution >= 0.6 is 0 Å². The zero-order valence-electron chi connectivity index (χ0n) is 12.8. The Balaban J connectivity index is 1.88. The van der Waals surface area contributed by atoms with Gasteiger partial charge in [-0.1, -0.05) is 61.2 Å². The zero-order chi connectivity index (χ0) is 16.1. The van der Waals surface area contributed by atoms with Crippen molar-refractivity contribution in [3.05, 3.63) is 72.8 Å². The Bertz CT molecular complexity index is 798. The van der Waals surface area contributed by atoms with Gasteiger partial charge in [-0.25, -0.2) is 4.79 Å². The number of carbonyl (C=O) groups excluding carboxylic acids is 1. The third-order valence-electron chi connectivity index (χ3n) is 3.77. The second kappa shape index (κ2) is 6.97. The summed E-state index contributed by atoms with van der Waals surface area (Å²) in [5.41, 5.74) is 1.19. The topological polar surface area (TPSA) is 35.5 Å². The number of hydrogen-bond acceptors (Lipinski definition) is 3. The third kappa shape index (κ3) is 3.34. The van der Waals surface area contributed by atoms with Crippen LogP contribution < -0.4 is 0 Å². The van der Waals surface area contributed by atoms with Crippen molar-refractivity contribution in [2.75, 3.05) is 13.2 Å². The van der Waals surface area contributed by atoms with Gasteiger partial charge in [0.1, 0.15) is 6.61 Å². The van der Waals surface area contributed by atoms with Crippen molar-refractivity contribution in [2.45, 2.75) is 6.42 Å². The summed E-state index contributed by atoms with van der Waals surface area (Å²) >= 11 is 0.